The average molecular weight is 66.9 g/mol. The van der Waals surface area contributed by atoms with E-state index < -0.39 is 0 Å². The van der Waals surface area contributed by atoms with Gasteiger partial charge in [-0.05, 0) is 7.05 Å². The van der Waals surface area contributed by atoms with Crippen LogP contribution in [0.4, 0.5) is 0 Å². The van der Waals surface area contributed by atoms with Crippen molar-refractivity contribution in [2.75, 3.05) is 7.05 Å². The molecule has 0 aliphatic carbocycles. The minimum absolute atomic E-state index is 1.31. The molecule has 5 heavy (non-hydrogen) atoms. The fourth-order valence-electron chi connectivity index (χ4n) is 0.0645. The van der Waals surface area contributed by atoms with E-state index in [1.165, 1.54) is 7.41 Å². The van der Waals surface area contributed by atoms with Gasteiger partial charge in [0, 0.05) is 5.97 Å². The maximum atomic E-state index is 7.70. The monoisotopic (exact) mass is 67.0 g/mol. The Bertz CT molecular complexity index is 46.1. The Balaban J connectivity index is 2.48. The van der Waals surface area contributed by atoms with Crippen molar-refractivity contribution in [2.45, 2.75) is 0 Å². The van der Waals surface area contributed by atoms with Crippen LogP contribution in [0.25, 0.3) is 0 Å². The van der Waals surface area contributed by atoms with Gasteiger partial charge in [0.1, 0.15) is 0 Å². The second-order valence-corrected chi connectivity index (χ2v) is 0.562. The predicted octanol–water partition coefficient (Wildman–Crippen LogP) is -0.694. The lowest BCUT2D eigenvalue weighted by Crippen LogP contribution is -2.08. The van der Waals surface area contributed by atoms with Crippen molar-refractivity contribution < 1.29 is 0 Å². The second kappa shape index (κ2) is 3.51. The van der Waals surface area contributed by atoms with Gasteiger partial charge >= 0.3 is 7.41 Å². The Morgan fingerprint density at radius 2 is 2.60 bits per heavy atom. The Labute approximate surface area is 32.1 Å². The first-order valence-electron chi connectivity index (χ1n) is 1.30. The first-order valence-corrected chi connectivity index (χ1v) is 1.30. The molecule has 25 valence electrons. The molecule has 0 aromatic heterocycles. The molecule has 0 heterocycles. The summed E-state index contributed by atoms with van der Waals surface area (Å²) < 4.78 is 0. The summed E-state index contributed by atoms with van der Waals surface area (Å²) in [5.74, 6) is 1.78. The van der Waals surface area contributed by atoms with Gasteiger partial charge < -0.3 is 5.23 Å². The third kappa shape index (κ3) is 3.51. The zero-order chi connectivity index (χ0) is 4.12. The summed E-state index contributed by atoms with van der Waals surface area (Å²) in [4.78, 5) is 0. The summed E-state index contributed by atoms with van der Waals surface area (Å²) in [6.07, 6.45) is 0. The van der Waals surface area contributed by atoms with Crippen molar-refractivity contribution in [1.82, 2.24) is 5.23 Å². The minimum Gasteiger partial charge on any atom is -0.349 e. The van der Waals surface area contributed by atoms with Gasteiger partial charge in [-0.1, -0.05) is 0 Å². The molecule has 0 saturated carbocycles. The van der Waals surface area contributed by atoms with Crippen LogP contribution in [0.3, 0.4) is 0 Å². The summed E-state index contributed by atoms with van der Waals surface area (Å²) >= 11 is 0. The van der Waals surface area contributed by atoms with E-state index >= 15 is 0 Å². The van der Waals surface area contributed by atoms with Gasteiger partial charge in [0.25, 0.3) is 0 Å². The van der Waals surface area contributed by atoms with E-state index in [4.69, 9.17) is 5.26 Å². The smallest absolute Gasteiger partial charge is 0.348 e. The van der Waals surface area contributed by atoms with E-state index in [9.17, 15) is 0 Å². The molecular formula is C2H4BN2. The topological polar surface area (TPSA) is 35.8 Å². The van der Waals surface area contributed by atoms with Crippen molar-refractivity contribution >= 4 is 7.41 Å². The highest BCUT2D eigenvalue weighted by atomic mass is 14.7. The summed E-state index contributed by atoms with van der Waals surface area (Å²) in [5.41, 5.74) is 0. The Hall–Kier alpha value is -0.485. The molecule has 0 saturated heterocycles. The van der Waals surface area contributed by atoms with Gasteiger partial charge in [-0.25, -0.2) is 5.26 Å². The van der Waals surface area contributed by atoms with Crippen LogP contribution >= 0.6 is 0 Å². The Morgan fingerprint density at radius 3 is 2.60 bits per heavy atom. The van der Waals surface area contributed by atoms with E-state index in [1.807, 2.05) is 0 Å². The number of nitriles is 1. The fraction of sp³-hybridized carbons (Fsp3) is 0.500. The molecule has 1 radical (unpaired) electrons. The quantitative estimate of drug-likeness (QED) is 0.412. The van der Waals surface area contributed by atoms with Crippen molar-refractivity contribution in [3.63, 3.8) is 0 Å². The SMILES string of the molecule is CN[B]C#N. The van der Waals surface area contributed by atoms with Crippen molar-refractivity contribution in [3.05, 3.63) is 0 Å². The predicted molar refractivity (Wildman–Crippen MR) is 20.4 cm³/mol. The number of rotatable bonds is 1. The van der Waals surface area contributed by atoms with Crippen LogP contribution in [0.15, 0.2) is 0 Å². The minimum atomic E-state index is 1.31. The zero-order valence-corrected chi connectivity index (χ0v) is 3.02. The first-order chi connectivity index (χ1) is 2.41. The molecule has 1 N–H and O–H groups in total. The Morgan fingerprint density at radius 1 is 2.00 bits per heavy atom. The standard InChI is InChI=1S/C2H4BN2/c1-5-3-2-4/h5H,1H3. The molecule has 0 bridgehead atoms. The molecule has 0 rings (SSSR count). The van der Waals surface area contributed by atoms with Crippen molar-refractivity contribution in [1.29, 1.82) is 5.26 Å². The molecule has 0 aliphatic rings. The first kappa shape index (κ1) is 4.51. The van der Waals surface area contributed by atoms with Gasteiger partial charge in [-0.2, -0.15) is 0 Å². The van der Waals surface area contributed by atoms with Crippen LogP contribution in [0.1, 0.15) is 0 Å². The van der Waals surface area contributed by atoms with Crippen LogP contribution in [0, 0.1) is 11.2 Å². The number of nitrogens with one attached hydrogen (secondary N) is 1. The largest absolute Gasteiger partial charge is 0.349 e. The van der Waals surface area contributed by atoms with Crippen LogP contribution < -0.4 is 5.23 Å². The highest BCUT2D eigenvalue weighted by molar-refractivity contribution is 6.41. The van der Waals surface area contributed by atoms with Crippen LogP contribution in [0.2, 0.25) is 0 Å². The molecule has 0 atom stereocenters. The fourth-order valence-corrected chi connectivity index (χ4v) is 0.0645. The molecule has 0 unspecified atom stereocenters. The van der Waals surface area contributed by atoms with E-state index in [-0.39, 0.29) is 0 Å². The van der Waals surface area contributed by atoms with Crippen LogP contribution in [0.5, 0.6) is 0 Å². The number of hydrogen-bond donors (Lipinski definition) is 1. The van der Waals surface area contributed by atoms with Crippen molar-refractivity contribution in [2.24, 2.45) is 0 Å². The maximum Gasteiger partial charge on any atom is 0.348 e. The van der Waals surface area contributed by atoms with E-state index in [0.717, 1.165) is 0 Å². The summed E-state index contributed by atoms with van der Waals surface area (Å²) in [7, 11) is 2.99. The normalized spacial score (nSPS) is 5.60. The molecule has 2 nitrogen and oxygen atoms in total. The summed E-state index contributed by atoms with van der Waals surface area (Å²) in [5, 5.41) is 10.2. The molecule has 0 aromatic carbocycles. The molecule has 0 amide bonds. The molecule has 0 aliphatic heterocycles. The molecule has 0 aromatic rings. The van der Waals surface area contributed by atoms with E-state index in [1.54, 1.807) is 13.0 Å². The maximum absolute atomic E-state index is 7.70. The molecule has 0 spiro atoms. The molecule has 3 heteroatoms. The van der Waals surface area contributed by atoms with Gasteiger partial charge in [0.15, 0.2) is 0 Å². The lowest BCUT2D eigenvalue weighted by atomic mass is 10.0. The van der Waals surface area contributed by atoms with Crippen LogP contribution in [-0.4, -0.2) is 14.5 Å². The van der Waals surface area contributed by atoms with Gasteiger partial charge in [0.2, 0.25) is 0 Å². The third-order valence-corrected chi connectivity index (χ3v) is 0.209. The van der Waals surface area contributed by atoms with Gasteiger partial charge in [-0.15, -0.1) is 0 Å². The average Bonchev–Trinajstić information content (AvgIpc) is 1.41. The van der Waals surface area contributed by atoms with Gasteiger partial charge in [-0.3, -0.25) is 0 Å². The summed E-state index contributed by atoms with van der Waals surface area (Å²) in [6, 6.07) is 0. The lowest BCUT2D eigenvalue weighted by molar-refractivity contribution is 1.25. The van der Waals surface area contributed by atoms with Crippen molar-refractivity contribution in [3.8, 4) is 5.97 Å². The lowest BCUT2D eigenvalue weighted by Gasteiger charge is -1.69. The highest BCUT2D eigenvalue weighted by Crippen LogP contribution is 1.31. The number of hydrogen-bond acceptors (Lipinski definition) is 2. The third-order valence-electron chi connectivity index (χ3n) is 0.209. The molecular weight excluding hydrogens is 62.8 g/mol. The molecule has 0 fully saturated rings. The number of nitrogens with zero attached hydrogens (tertiary/aromatic N) is 1. The van der Waals surface area contributed by atoms with Crippen LogP contribution in [-0.2, 0) is 0 Å². The Kier molecular flexibility index (Phi) is 3.17. The van der Waals surface area contributed by atoms with E-state index in [2.05, 4.69) is 5.23 Å². The highest BCUT2D eigenvalue weighted by Gasteiger charge is 1.70. The zero-order valence-electron chi connectivity index (χ0n) is 3.02. The van der Waals surface area contributed by atoms with Gasteiger partial charge in [0.05, 0.1) is 0 Å². The van der Waals surface area contributed by atoms with E-state index in [0.29, 0.717) is 0 Å². The second-order valence-electron chi connectivity index (χ2n) is 0.562. The summed E-state index contributed by atoms with van der Waals surface area (Å²) in [6.45, 7) is 0.